The van der Waals surface area contributed by atoms with E-state index in [4.69, 9.17) is 0 Å². The predicted octanol–water partition coefficient (Wildman–Crippen LogP) is 2.83. The number of rotatable bonds is 4. The van der Waals surface area contributed by atoms with Gasteiger partial charge in [-0.05, 0) is 41.7 Å². The number of nitrogens with one attached hydrogen (secondary N) is 1. The fraction of sp³-hybridized carbons (Fsp3) is 0.368. The van der Waals surface area contributed by atoms with Crippen LogP contribution >= 0.6 is 31.9 Å². The van der Waals surface area contributed by atoms with Crippen molar-refractivity contribution in [2.24, 2.45) is 0 Å². The molecule has 29 heavy (non-hydrogen) atoms. The van der Waals surface area contributed by atoms with Crippen LogP contribution in [0.15, 0.2) is 39.7 Å². The average Bonchev–Trinajstić information content (AvgIpc) is 3.11. The number of anilines is 1. The number of likely N-dealkylation sites (N-methyl/N-ethyl adjacent to an activating group) is 1. The number of fused-ring (bicyclic) bond motifs is 1. The molecule has 1 aliphatic heterocycles. The topological polar surface area (TPSA) is 81.2 Å². The molecule has 1 saturated heterocycles. The average molecular weight is 523 g/mol. The molecule has 8 nitrogen and oxygen atoms in total. The predicted molar refractivity (Wildman–Crippen MR) is 119 cm³/mol. The number of hydrogen-bond acceptors (Lipinski definition) is 6. The summed E-state index contributed by atoms with van der Waals surface area (Å²) >= 11 is 7.08. The van der Waals surface area contributed by atoms with Crippen LogP contribution in [0.5, 0.6) is 0 Å². The summed E-state index contributed by atoms with van der Waals surface area (Å²) in [7, 11) is 3.87. The standard InChI is InChI=1S/C19H21Br2N7O/c1-26(2)15(12-5-3-4-6-13(12)20)19(29)28-9-7-27(8-10-28)18-14-16(21)24-25-17(14)22-11-23-18/h3-6,11,15H,7-10H2,1-2H3,(H,22,23,24,25). The van der Waals surface area contributed by atoms with Crippen molar-refractivity contribution in [3.63, 3.8) is 0 Å². The third-order valence-corrected chi connectivity index (χ3v) is 6.42. The second-order valence-corrected chi connectivity index (χ2v) is 8.78. The molecule has 1 unspecified atom stereocenters. The maximum Gasteiger partial charge on any atom is 0.244 e. The first kappa shape index (κ1) is 20.2. The highest BCUT2D eigenvalue weighted by molar-refractivity contribution is 9.10. The number of benzene rings is 1. The van der Waals surface area contributed by atoms with Gasteiger partial charge < -0.3 is 9.80 Å². The van der Waals surface area contributed by atoms with E-state index in [2.05, 4.69) is 56.9 Å². The molecular weight excluding hydrogens is 502 g/mol. The van der Waals surface area contributed by atoms with Gasteiger partial charge in [-0.1, -0.05) is 34.1 Å². The van der Waals surface area contributed by atoms with Crippen LogP contribution in [0.4, 0.5) is 5.82 Å². The van der Waals surface area contributed by atoms with E-state index in [-0.39, 0.29) is 11.9 Å². The number of hydrogen-bond donors (Lipinski definition) is 1. The van der Waals surface area contributed by atoms with Gasteiger partial charge in [0.1, 0.15) is 22.8 Å². The zero-order valence-corrected chi connectivity index (χ0v) is 19.3. The Hall–Kier alpha value is -2.04. The minimum atomic E-state index is -0.328. The molecule has 0 spiro atoms. The van der Waals surface area contributed by atoms with Gasteiger partial charge in [-0.25, -0.2) is 9.97 Å². The summed E-state index contributed by atoms with van der Waals surface area (Å²) in [5.41, 5.74) is 1.60. The van der Waals surface area contributed by atoms with Crippen LogP contribution in [-0.4, -0.2) is 76.1 Å². The molecule has 1 aliphatic rings. The van der Waals surface area contributed by atoms with Crippen molar-refractivity contribution < 1.29 is 4.79 Å². The van der Waals surface area contributed by atoms with Crippen LogP contribution in [0.1, 0.15) is 11.6 Å². The summed E-state index contributed by atoms with van der Waals surface area (Å²) in [5.74, 6) is 0.941. The monoisotopic (exact) mass is 521 g/mol. The molecule has 1 amide bonds. The number of carbonyl (C=O) groups is 1. The normalized spacial score (nSPS) is 15.9. The Morgan fingerprint density at radius 2 is 1.86 bits per heavy atom. The summed E-state index contributed by atoms with van der Waals surface area (Å²) in [6.45, 7) is 2.67. The van der Waals surface area contributed by atoms with E-state index in [1.807, 2.05) is 48.2 Å². The maximum atomic E-state index is 13.4. The van der Waals surface area contributed by atoms with Gasteiger partial charge in [0.05, 0.1) is 5.39 Å². The van der Waals surface area contributed by atoms with Crippen LogP contribution < -0.4 is 4.90 Å². The van der Waals surface area contributed by atoms with E-state index in [0.29, 0.717) is 31.8 Å². The molecule has 0 aliphatic carbocycles. The highest BCUT2D eigenvalue weighted by atomic mass is 79.9. The highest BCUT2D eigenvalue weighted by Gasteiger charge is 2.32. The van der Waals surface area contributed by atoms with Crippen molar-refractivity contribution in [3.05, 3.63) is 45.2 Å². The van der Waals surface area contributed by atoms with Crippen LogP contribution in [-0.2, 0) is 4.79 Å². The Labute approximate surface area is 185 Å². The number of carbonyl (C=O) groups excluding carboxylic acids is 1. The number of H-pyrrole nitrogens is 1. The van der Waals surface area contributed by atoms with Crippen molar-refractivity contribution in [3.8, 4) is 0 Å². The van der Waals surface area contributed by atoms with E-state index in [1.54, 1.807) is 0 Å². The van der Waals surface area contributed by atoms with Crippen LogP contribution in [0.25, 0.3) is 11.0 Å². The van der Waals surface area contributed by atoms with E-state index < -0.39 is 0 Å². The number of aromatic amines is 1. The summed E-state index contributed by atoms with van der Waals surface area (Å²) in [5, 5.41) is 7.94. The molecule has 2 aromatic heterocycles. The summed E-state index contributed by atoms with van der Waals surface area (Å²) in [4.78, 5) is 28.1. The minimum Gasteiger partial charge on any atom is -0.352 e. The molecule has 1 fully saturated rings. The molecule has 0 saturated carbocycles. The second kappa shape index (κ2) is 8.37. The molecular formula is C19H21Br2N7O. The maximum absolute atomic E-state index is 13.4. The molecule has 1 atom stereocenters. The third kappa shape index (κ3) is 3.88. The smallest absolute Gasteiger partial charge is 0.244 e. The Kier molecular flexibility index (Phi) is 5.84. The van der Waals surface area contributed by atoms with Crippen molar-refractivity contribution >= 4 is 54.6 Å². The SMILES string of the molecule is CN(C)C(C(=O)N1CCN(c2ncnc3n[nH]c(Br)c23)CC1)c1ccccc1Br. The van der Waals surface area contributed by atoms with Gasteiger partial charge in [-0.2, -0.15) is 5.10 Å². The first-order valence-electron chi connectivity index (χ1n) is 9.26. The summed E-state index contributed by atoms with van der Waals surface area (Å²) < 4.78 is 1.71. The quantitative estimate of drug-likeness (QED) is 0.567. The molecule has 3 aromatic rings. The van der Waals surface area contributed by atoms with Gasteiger partial charge >= 0.3 is 0 Å². The minimum absolute atomic E-state index is 0.110. The number of halogens is 2. The summed E-state index contributed by atoms with van der Waals surface area (Å²) in [6.07, 6.45) is 1.53. The van der Waals surface area contributed by atoms with Gasteiger partial charge in [0, 0.05) is 30.7 Å². The molecule has 3 heterocycles. The lowest BCUT2D eigenvalue weighted by Crippen LogP contribution is -2.51. The molecule has 10 heteroatoms. The molecule has 0 radical (unpaired) electrons. The lowest BCUT2D eigenvalue weighted by atomic mass is 10.0. The zero-order valence-electron chi connectivity index (χ0n) is 16.1. The Balaban J connectivity index is 1.52. The van der Waals surface area contributed by atoms with Crippen LogP contribution in [0, 0.1) is 0 Å². The highest BCUT2D eigenvalue weighted by Crippen LogP contribution is 2.31. The van der Waals surface area contributed by atoms with E-state index in [9.17, 15) is 4.79 Å². The number of piperazine rings is 1. The molecule has 152 valence electrons. The van der Waals surface area contributed by atoms with Crippen molar-refractivity contribution in [2.45, 2.75) is 6.04 Å². The van der Waals surface area contributed by atoms with Gasteiger partial charge in [0.2, 0.25) is 5.91 Å². The number of nitrogens with zero attached hydrogens (tertiary/aromatic N) is 6. The first-order chi connectivity index (χ1) is 14.0. The lowest BCUT2D eigenvalue weighted by molar-refractivity contribution is -0.136. The Morgan fingerprint density at radius 1 is 1.14 bits per heavy atom. The van der Waals surface area contributed by atoms with E-state index in [0.717, 1.165) is 25.8 Å². The van der Waals surface area contributed by atoms with Crippen molar-refractivity contribution in [1.29, 1.82) is 0 Å². The fourth-order valence-corrected chi connectivity index (χ4v) is 4.63. The second-order valence-electron chi connectivity index (χ2n) is 7.13. The Morgan fingerprint density at radius 3 is 2.55 bits per heavy atom. The van der Waals surface area contributed by atoms with Gasteiger partial charge in [-0.15, -0.1) is 0 Å². The van der Waals surface area contributed by atoms with E-state index >= 15 is 0 Å². The van der Waals surface area contributed by atoms with Crippen LogP contribution in [0.3, 0.4) is 0 Å². The van der Waals surface area contributed by atoms with Gasteiger partial charge in [0.15, 0.2) is 5.65 Å². The fourth-order valence-electron chi connectivity index (χ4n) is 3.69. The first-order valence-corrected chi connectivity index (χ1v) is 10.8. The molecule has 0 bridgehead atoms. The molecule has 1 N–H and O–H groups in total. The van der Waals surface area contributed by atoms with Crippen LogP contribution in [0.2, 0.25) is 0 Å². The largest absolute Gasteiger partial charge is 0.352 e. The van der Waals surface area contributed by atoms with E-state index in [1.165, 1.54) is 6.33 Å². The number of amides is 1. The Bertz CT molecular complexity index is 1030. The molecule has 1 aromatic carbocycles. The molecule has 4 rings (SSSR count). The number of aromatic nitrogens is 4. The third-order valence-electron chi connectivity index (χ3n) is 5.13. The van der Waals surface area contributed by atoms with Gasteiger partial charge in [0.25, 0.3) is 0 Å². The van der Waals surface area contributed by atoms with Crippen molar-refractivity contribution in [1.82, 2.24) is 30.0 Å². The summed E-state index contributed by atoms with van der Waals surface area (Å²) in [6, 6.07) is 7.56. The zero-order chi connectivity index (χ0) is 20.5. The lowest BCUT2D eigenvalue weighted by Gasteiger charge is -2.38. The van der Waals surface area contributed by atoms with Crippen molar-refractivity contribution in [2.75, 3.05) is 45.2 Å². The van der Waals surface area contributed by atoms with Gasteiger partial charge in [-0.3, -0.25) is 14.8 Å².